The molecule has 0 aliphatic heterocycles. The molecule has 8 heavy (non-hydrogen) atoms. The van der Waals surface area contributed by atoms with E-state index in [1.807, 2.05) is 30.8 Å². The molecule has 1 rings (SSSR count). The van der Waals surface area contributed by atoms with E-state index in [2.05, 4.69) is 4.98 Å². The van der Waals surface area contributed by atoms with E-state index in [1.165, 1.54) is 4.88 Å². The monoisotopic (exact) mass is 125 g/mol. The van der Waals surface area contributed by atoms with Gasteiger partial charge < -0.3 is 0 Å². The van der Waals surface area contributed by atoms with Gasteiger partial charge in [0, 0.05) is 11.1 Å². The van der Waals surface area contributed by atoms with Crippen molar-refractivity contribution in [2.75, 3.05) is 0 Å². The van der Waals surface area contributed by atoms with Gasteiger partial charge in [0.1, 0.15) is 0 Å². The van der Waals surface area contributed by atoms with Crippen molar-refractivity contribution in [1.29, 1.82) is 0 Å². The van der Waals surface area contributed by atoms with Crippen molar-refractivity contribution < 1.29 is 0 Å². The molecule has 0 aromatic carbocycles. The van der Waals surface area contributed by atoms with Crippen molar-refractivity contribution in [2.45, 2.75) is 6.92 Å². The Morgan fingerprint density at radius 3 is 3.12 bits per heavy atom. The van der Waals surface area contributed by atoms with E-state index in [9.17, 15) is 0 Å². The zero-order chi connectivity index (χ0) is 5.82. The largest absolute Gasteiger partial charge is 0.253 e. The van der Waals surface area contributed by atoms with Crippen LogP contribution in [0.4, 0.5) is 0 Å². The Morgan fingerprint density at radius 1 is 1.75 bits per heavy atom. The molecule has 0 unspecified atom stereocenters. The first-order chi connectivity index (χ1) is 3.93. The fraction of sp³-hybridized carbons (Fsp3) is 0.167. The summed E-state index contributed by atoms with van der Waals surface area (Å²) in [5.74, 6) is 0. The van der Waals surface area contributed by atoms with Gasteiger partial charge in [-0.1, -0.05) is 6.08 Å². The standard InChI is InChI=1S/C6H7NS/c1-2-3-6-4-7-5-8-6/h2-5H,1H3. The maximum atomic E-state index is 3.91. The van der Waals surface area contributed by atoms with Crippen molar-refractivity contribution in [3.8, 4) is 0 Å². The minimum absolute atomic E-state index is 1.22. The molecule has 1 aromatic rings. The number of rotatable bonds is 1. The van der Waals surface area contributed by atoms with Crippen LogP contribution in [0, 0.1) is 0 Å². The van der Waals surface area contributed by atoms with Gasteiger partial charge >= 0.3 is 0 Å². The molecule has 0 N–H and O–H groups in total. The number of aromatic nitrogens is 1. The van der Waals surface area contributed by atoms with Gasteiger partial charge in [-0.05, 0) is 13.0 Å². The Morgan fingerprint density at radius 2 is 2.62 bits per heavy atom. The smallest absolute Gasteiger partial charge is 0.0797 e. The third-order valence-corrected chi connectivity index (χ3v) is 1.52. The fourth-order valence-electron chi connectivity index (χ4n) is 0.472. The molecule has 0 fully saturated rings. The summed E-state index contributed by atoms with van der Waals surface area (Å²) in [4.78, 5) is 5.12. The lowest BCUT2D eigenvalue weighted by Crippen LogP contribution is -1.53. The summed E-state index contributed by atoms with van der Waals surface area (Å²) in [6.45, 7) is 2.00. The predicted molar refractivity (Wildman–Crippen MR) is 36.8 cm³/mol. The van der Waals surface area contributed by atoms with Gasteiger partial charge in [0.2, 0.25) is 0 Å². The molecule has 2 heteroatoms. The minimum atomic E-state index is 1.22. The van der Waals surface area contributed by atoms with Crippen LogP contribution in [0.2, 0.25) is 0 Å². The second kappa shape index (κ2) is 2.62. The molecule has 42 valence electrons. The lowest BCUT2D eigenvalue weighted by Gasteiger charge is -1.73. The average molecular weight is 125 g/mol. The van der Waals surface area contributed by atoms with Gasteiger partial charge in [0.25, 0.3) is 0 Å². The third kappa shape index (κ3) is 1.17. The Balaban J connectivity index is 2.77. The van der Waals surface area contributed by atoms with E-state index in [1.54, 1.807) is 11.3 Å². The number of hydrogen-bond acceptors (Lipinski definition) is 2. The summed E-state index contributed by atoms with van der Waals surface area (Å²) in [5, 5.41) is 0. The summed E-state index contributed by atoms with van der Waals surface area (Å²) in [6, 6.07) is 0. The van der Waals surface area contributed by atoms with Crippen LogP contribution in [0.3, 0.4) is 0 Å². The summed E-state index contributed by atoms with van der Waals surface area (Å²) in [6.07, 6.45) is 5.90. The quantitative estimate of drug-likeness (QED) is 0.560. The van der Waals surface area contributed by atoms with Crippen molar-refractivity contribution in [3.63, 3.8) is 0 Å². The Bertz CT molecular complexity index is 165. The molecular formula is C6H7NS. The molecule has 0 saturated carbocycles. The van der Waals surface area contributed by atoms with E-state index in [4.69, 9.17) is 0 Å². The Kier molecular flexibility index (Phi) is 1.80. The van der Waals surface area contributed by atoms with Crippen LogP contribution in [0.15, 0.2) is 17.8 Å². The first-order valence-corrected chi connectivity index (χ1v) is 3.32. The lowest BCUT2D eigenvalue weighted by atomic mass is 10.5. The number of thiazole rings is 1. The molecule has 0 aliphatic rings. The molecule has 0 aliphatic carbocycles. The summed E-state index contributed by atoms with van der Waals surface area (Å²) in [5.41, 5.74) is 1.83. The molecule has 0 radical (unpaired) electrons. The van der Waals surface area contributed by atoms with Gasteiger partial charge in [-0.2, -0.15) is 0 Å². The maximum absolute atomic E-state index is 3.91. The van der Waals surface area contributed by atoms with E-state index in [0.29, 0.717) is 0 Å². The SMILES string of the molecule is CC=Cc1cncs1. The van der Waals surface area contributed by atoms with E-state index < -0.39 is 0 Å². The van der Waals surface area contributed by atoms with Gasteiger partial charge in [0.15, 0.2) is 0 Å². The van der Waals surface area contributed by atoms with Crippen LogP contribution in [0.5, 0.6) is 0 Å². The van der Waals surface area contributed by atoms with E-state index >= 15 is 0 Å². The first-order valence-electron chi connectivity index (χ1n) is 2.44. The Hall–Kier alpha value is -0.630. The highest BCUT2D eigenvalue weighted by molar-refractivity contribution is 7.10. The minimum Gasteiger partial charge on any atom is -0.253 e. The van der Waals surface area contributed by atoms with Crippen molar-refractivity contribution >= 4 is 17.4 Å². The van der Waals surface area contributed by atoms with Crippen LogP contribution in [-0.2, 0) is 0 Å². The molecular weight excluding hydrogens is 118 g/mol. The molecule has 0 atom stereocenters. The molecule has 1 heterocycles. The van der Waals surface area contributed by atoms with Gasteiger partial charge in [-0.3, -0.25) is 4.98 Å². The molecule has 0 spiro atoms. The van der Waals surface area contributed by atoms with Crippen molar-refractivity contribution in [2.24, 2.45) is 0 Å². The highest BCUT2D eigenvalue weighted by atomic mass is 32.1. The average Bonchev–Trinajstić information content (AvgIpc) is 2.19. The highest BCUT2D eigenvalue weighted by Crippen LogP contribution is 2.06. The summed E-state index contributed by atoms with van der Waals surface area (Å²) >= 11 is 1.65. The third-order valence-electron chi connectivity index (χ3n) is 0.782. The number of hydrogen-bond donors (Lipinski definition) is 0. The fourth-order valence-corrected chi connectivity index (χ4v) is 1.05. The topological polar surface area (TPSA) is 12.9 Å². The zero-order valence-corrected chi connectivity index (χ0v) is 5.48. The Labute approximate surface area is 52.7 Å². The second-order valence-corrected chi connectivity index (χ2v) is 2.32. The predicted octanol–water partition coefficient (Wildman–Crippen LogP) is 2.18. The second-order valence-electron chi connectivity index (χ2n) is 1.40. The van der Waals surface area contributed by atoms with Gasteiger partial charge in [0.05, 0.1) is 5.51 Å². The van der Waals surface area contributed by atoms with Crippen LogP contribution in [0.25, 0.3) is 6.08 Å². The van der Waals surface area contributed by atoms with Crippen LogP contribution >= 0.6 is 11.3 Å². The summed E-state index contributed by atoms with van der Waals surface area (Å²) < 4.78 is 0. The number of allylic oxidation sites excluding steroid dienone is 1. The van der Waals surface area contributed by atoms with E-state index in [0.717, 1.165) is 0 Å². The van der Waals surface area contributed by atoms with Gasteiger partial charge in [-0.25, -0.2) is 0 Å². The van der Waals surface area contributed by atoms with Crippen LogP contribution < -0.4 is 0 Å². The molecule has 0 saturated heterocycles. The van der Waals surface area contributed by atoms with Crippen molar-refractivity contribution in [3.05, 3.63) is 22.7 Å². The molecule has 1 nitrogen and oxygen atoms in total. The first kappa shape index (κ1) is 5.51. The normalized spacial score (nSPS) is 10.6. The molecule has 0 bridgehead atoms. The van der Waals surface area contributed by atoms with Crippen LogP contribution in [0.1, 0.15) is 11.8 Å². The van der Waals surface area contributed by atoms with Crippen LogP contribution in [-0.4, -0.2) is 4.98 Å². The maximum Gasteiger partial charge on any atom is 0.0797 e. The van der Waals surface area contributed by atoms with Gasteiger partial charge in [-0.15, -0.1) is 11.3 Å². The summed E-state index contributed by atoms with van der Waals surface area (Å²) in [7, 11) is 0. The van der Waals surface area contributed by atoms with Crippen molar-refractivity contribution in [1.82, 2.24) is 4.98 Å². The lowest BCUT2D eigenvalue weighted by molar-refractivity contribution is 1.42. The molecule has 0 amide bonds. The zero-order valence-electron chi connectivity index (χ0n) is 4.66. The number of nitrogens with zero attached hydrogens (tertiary/aromatic N) is 1. The van der Waals surface area contributed by atoms with E-state index in [-0.39, 0.29) is 0 Å². The molecule has 1 aromatic heterocycles. The highest BCUT2D eigenvalue weighted by Gasteiger charge is 1.81.